The van der Waals surface area contributed by atoms with E-state index in [-0.39, 0.29) is 11.1 Å². The van der Waals surface area contributed by atoms with Gasteiger partial charge < -0.3 is 15.8 Å². The minimum atomic E-state index is -0.598. The summed E-state index contributed by atoms with van der Waals surface area (Å²) >= 11 is 7.09. The normalized spacial score (nSPS) is 10.1. The zero-order valence-electron chi connectivity index (χ0n) is 10.5. The molecule has 0 bridgehead atoms. The molecule has 0 aliphatic rings. The third kappa shape index (κ3) is 2.92. The largest absolute Gasteiger partial charge is 0.496 e. The Hall–Kier alpha value is -2.05. The molecule has 2 amide bonds. The summed E-state index contributed by atoms with van der Waals surface area (Å²) in [6.45, 7) is 0. The molecule has 7 heteroatoms. The van der Waals surface area contributed by atoms with Gasteiger partial charge in [0.1, 0.15) is 10.8 Å². The molecule has 0 aliphatic carbocycles. The topological polar surface area (TPSA) is 81.4 Å². The van der Waals surface area contributed by atoms with E-state index in [9.17, 15) is 9.59 Å². The van der Waals surface area contributed by atoms with Crippen LogP contribution in [0.15, 0.2) is 29.6 Å². The first-order valence-electron chi connectivity index (χ1n) is 5.55. The molecule has 0 spiro atoms. The second kappa shape index (κ2) is 5.94. The SMILES string of the molecule is COc1ccc(Cl)cc1C(=O)Nc1sccc1C(N)=O. The molecule has 0 saturated carbocycles. The number of amides is 2. The van der Waals surface area contributed by atoms with Crippen molar-refractivity contribution in [2.24, 2.45) is 5.73 Å². The molecule has 0 radical (unpaired) electrons. The number of carbonyl (C=O) groups is 2. The van der Waals surface area contributed by atoms with Gasteiger partial charge in [-0.1, -0.05) is 11.6 Å². The van der Waals surface area contributed by atoms with Gasteiger partial charge in [-0.2, -0.15) is 0 Å². The summed E-state index contributed by atoms with van der Waals surface area (Å²) in [5.41, 5.74) is 5.77. The number of primary amides is 1. The molecule has 2 rings (SSSR count). The summed E-state index contributed by atoms with van der Waals surface area (Å²) in [5.74, 6) is -0.627. The lowest BCUT2D eigenvalue weighted by molar-refractivity contribution is 0.100. The van der Waals surface area contributed by atoms with E-state index in [4.69, 9.17) is 22.1 Å². The second-order valence-electron chi connectivity index (χ2n) is 3.83. The number of hydrogen-bond acceptors (Lipinski definition) is 4. The first-order chi connectivity index (χ1) is 9.52. The summed E-state index contributed by atoms with van der Waals surface area (Å²) in [5, 5.41) is 5.11. The number of halogens is 1. The minimum absolute atomic E-state index is 0.268. The van der Waals surface area contributed by atoms with Crippen LogP contribution < -0.4 is 15.8 Å². The minimum Gasteiger partial charge on any atom is -0.496 e. The van der Waals surface area contributed by atoms with Crippen molar-refractivity contribution in [1.29, 1.82) is 0 Å². The lowest BCUT2D eigenvalue weighted by atomic mass is 10.2. The highest BCUT2D eigenvalue weighted by atomic mass is 35.5. The molecule has 104 valence electrons. The summed E-state index contributed by atoms with van der Waals surface area (Å²) in [7, 11) is 1.46. The van der Waals surface area contributed by atoms with Crippen LogP contribution in [-0.2, 0) is 0 Å². The summed E-state index contributed by atoms with van der Waals surface area (Å²) < 4.78 is 5.11. The van der Waals surface area contributed by atoms with Crippen LogP contribution in [0.2, 0.25) is 5.02 Å². The number of thiophene rings is 1. The molecule has 5 nitrogen and oxygen atoms in total. The van der Waals surface area contributed by atoms with E-state index in [0.717, 1.165) is 0 Å². The Morgan fingerprint density at radius 1 is 1.30 bits per heavy atom. The monoisotopic (exact) mass is 310 g/mol. The highest BCUT2D eigenvalue weighted by Gasteiger charge is 2.17. The van der Waals surface area contributed by atoms with Crippen molar-refractivity contribution >= 4 is 39.8 Å². The molecule has 0 aliphatic heterocycles. The van der Waals surface area contributed by atoms with Crippen molar-refractivity contribution in [3.05, 3.63) is 45.8 Å². The summed E-state index contributed by atoms with van der Waals surface area (Å²) in [4.78, 5) is 23.4. The van der Waals surface area contributed by atoms with Gasteiger partial charge in [-0.05, 0) is 29.6 Å². The predicted molar refractivity (Wildman–Crippen MR) is 78.8 cm³/mol. The van der Waals surface area contributed by atoms with Crippen LogP contribution in [0.3, 0.4) is 0 Å². The first-order valence-corrected chi connectivity index (χ1v) is 6.81. The Kier molecular flexibility index (Phi) is 4.26. The Morgan fingerprint density at radius 3 is 2.70 bits per heavy atom. The molecule has 0 saturated heterocycles. The number of benzene rings is 1. The zero-order valence-corrected chi connectivity index (χ0v) is 12.0. The van der Waals surface area contributed by atoms with E-state index in [2.05, 4.69) is 5.32 Å². The first kappa shape index (κ1) is 14.4. The van der Waals surface area contributed by atoms with Gasteiger partial charge in [0.05, 0.1) is 18.2 Å². The molecule has 1 aromatic heterocycles. The number of carbonyl (C=O) groups excluding carboxylic acids is 2. The number of rotatable bonds is 4. The number of methoxy groups -OCH3 is 1. The predicted octanol–water partition coefficient (Wildman–Crippen LogP) is 2.76. The number of hydrogen-bond donors (Lipinski definition) is 2. The molecule has 20 heavy (non-hydrogen) atoms. The highest BCUT2D eigenvalue weighted by molar-refractivity contribution is 7.14. The van der Waals surface area contributed by atoms with Crippen molar-refractivity contribution in [3.63, 3.8) is 0 Å². The quantitative estimate of drug-likeness (QED) is 0.911. The van der Waals surface area contributed by atoms with Crippen molar-refractivity contribution in [2.45, 2.75) is 0 Å². The van der Waals surface area contributed by atoms with Crippen molar-refractivity contribution in [3.8, 4) is 5.75 Å². The van der Waals surface area contributed by atoms with Crippen LogP contribution in [0.1, 0.15) is 20.7 Å². The van der Waals surface area contributed by atoms with Gasteiger partial charge in [0.15, 0.2) is 0 Å². The standard InChI is InChI=1S/C13H11ClN2O3S/c1-19-10-3-2-7(14)6-9(10)12(18)16-13-8(11(15)17)4-5-20-13/h2-6H,1H3,(H2,15,17)(H,16,18). The zero-order chi connectivity index (χ0) is 14.7. The van der Waals surface area contributed by atoms with Gasteiger partial charge in [-0.15, -0.1) is 11.3 Å². The van der Waals surface area contributed by atoms with Crippen LogP contribution in [0.5, 0.6) is 5.75 Å². The lowest BCUT2D eigenvalue weighted by Crippen LogP contribution is -2.17. The Labute approximate surface area is 124 Å². The lowest BCUT2D eigenvalue weighted by Gasteiger charge is -2.09. The molecular weight excluding hydrogens is 300 g/mol. The van der Waals surface area contributed by atoms with Gasteiger partial charge in [0, 0.05) is 5.02 Å². The Morgan fingerprint density at radius 2 is 2.05 bits per heavy atom. The fourth-order valence-corrected chi connectivity index (χ4v) is 2.59. The van der Waals surface area contributed by atoms with Crippen LogP contribution in [-0.4, -0.2) is 18.9 Å². The number of nitrogens with two attached hydrogens (primary N) is 1. The van der Waals surface area contributed by atoms with Crippen molar-refractivity contribution < 1.29 is 14.3 Å². The molecular formula is C13H11ClN2O3S. The van der Waals surface area contributed by atoms with Gasteiger partial charge in [0.2, 0.25) is 0 Å². The molecule has 3 N–H and O–H groups in total. The van der Waals surface area contributed by atoms with Gasteiger partial charge in [0.25, 0.3) is 11.8 Å². The Bertz CT molecular complexity index is 669. The van der Waals surface area contributed by atoms with Crippen LogP contribution >= 0.6 is 22.9 Å². The van der Waals surface area contributed by atoms with E-state index in [1.165, 1.54) is 24.5 Å². The van der Waals surface area contributed by atoms with Gasteiger partial charge >= 0.3 is 0 Å². The maximum atomic E-state index is 12.2. The molecule has 2 aromatic rings. The molecule has 0 fully saturated rings. The summed E-state index contributed by atoms with van der Waals surface area (Å²) in [6.07, 6.45) is 0. The van der Waals surface area contributed by atoms with Crippen molar-refractivity contribution in [1.82, 2.24) is 0 Å². The van der Waals surface area contributed by atoms with E-state index in [0.29, 0.717) is 15.8 Å². The third-order valence-electron chi connectivity index (χ3n) is 2.56. The average molecular weight is 311 g/mol. The second-order valence-corrected chi connectivity index (χ2v) is 5.18. The number of anilines is 1. The number of ether oxygens (including phenoxy) is 1. The average Bonchev–Trinajstić information content (AvgIpc) is 2.87. The smallest absolute Gasteiger partial charge is 0.260 e. The van der Waals surface area contributed by atoms with Gasteiger partial charge in [-0.25, -0.2) is 0 Å². The maximum absolute atomic E-state index is 12.2. The molecule has 0 atom stereocenters. The van der Waals surface area contributed by atoms with Crippen molar-refractivity contribution in [2.75, 3.05) is 12.4 Å². The molecule has 1 aromatic carbocycles. The van der Waals surface area contributed by atoms with Gasteiger partial charge in [-0.3, -0.25) is 9.59 Å². The highest BCUT2D eigenvalue weighted by Crippen LogP contribution is 2.27. The molecule has 1 heterocycles. The van der Waals surface area contributed by atoms with E-state index in [1.807, 2.05) is 0 Å². The Balaban J connectivity index is 2.30. The summed E-state index contributed by atoms with van der Waals surface area (Å²) in [6, 6.07) is 6.27. The number of nitrogens with one attached hydrogen (secondary N) is 1. The maximum Gasteiger partial charge on any atom is 0.260 e. The van der Waals surface area contributed by atoms with E-state index >= 15 is 0 Å². The third-order valence-corrected chi connectivity index (χ3v) is 3.63. The van der Waals surface area contributed by atoms with Crippen LogP contribution in [0, 0.1) is 0 Å². The van der Waals surface area contributed by atoms with Crippen LogP contribution in [0.25, 0.3) is 0 Å². The van der Waals surface area contributed by atoms with E-state index < -0.39 is 11.8 Å². The van der Waals surface area contributed by atoms with Crippen LogP contribution in [0.4, 0.5) is 5.00 Å². The fourth-order valence-electron chi connectivity index (χ4n) is 1.63. The fraction of sp³-hybridized carbons (Fsp3) is 0.0769. The van der Waals surface area contributed by atoms with E-state index in [1.54, 1.807) is 23.6 Å². The molecule has 0 unspecified atom stereocenters.